The summed E-state index contributed by atoms with van der Waals surface area (Å²) in [6.07, 6.45) is 4.76. The molecule has 0 radical (unpaired) electrons. The third-order valence-electron chi connectivity index (χ3n) is 5.62. The summed E-state index contributed by atoms with van der Waals surface area (Å²) in [6, 6.07) is 8.02. The third-order valence-corrected chi connectivity index (χ3v) is 7.42. The average molecular weight is 409 g/mol. The highest BCUT2D eigenvalue weighted by Gasteiger charge is 2.21. The van der Waals surface area contributed by atoms with Crippen molar-refractivity contribution in [1.29, 1.82) is 0 Å². The Hall–Kier alpha value is -1.79. The van der Waals surface area contributed by atoms with Gasteiger partial charge in [-0.3, -0.25) is 0 Å². The Bertz CT molecular complexity index is 933. The molecule has 1 aliphatic carbocycles. The third kappa shape index (κ3) is 4.97. The number of aliphatic hydroxyl groups excluding tert-OH is 1. The molecule has 1 saturated carbocycles. The SMILES string of the molecule is Cc1cc(S(=O)(=O)CCCC2CCC(O)CC2)ccc1-c1ccc(F)cc1F. The topological polar surface area (TPSA) is 54.4 Å². The fraction of sp³-hybridized carbons (Fsp3) is 0.455. The van der Waals surface area contributed by atoms with Crippen molar-refractivity contribution in [2.75, 3.05) is 5.75 Å². The van der Waals surface area contributed by atoms with Gasteiger partial charge in [0, 0.05) is 11.6 Å². The first-order chi connectivity index (χ1) is 13.3. The van der Waals surface area contributed by atoms with Crippen LogP contribution in [0.1, 0.15) is 44.1 Å². The highest BCUT2D eigenvalue weighted by atomic mass is 32.2. The molecular formula is C22H26F2O3S. The molecule has 2 aromatic rings. The molecule has 0 bridgehead atoms. The molecule has 152 valence electrons. The van der Waals surface area contributed by atoms with Crippen molar-refractivity contribution in [3.05, 3.63) is 53.6 Å². The summed E-state index contributed by atoms with van der Waals surface area (Å²) in [4.78, 5) is 0.232. The van der Waals surface area contributed by atoms with E-state index in [2.05, 4.69) is 0 Å². The smallest absolute Gasteiger partial charge is 0.178 e. The second-order valence-corrected chi connectivity index (χ2v) is 9.85. The molecule has 3 rings (SSSR count). The summed E-state index contributed by atoms with van der Waals surface area (Å²) >= 11 is 0. The van der Waals surface area contributed by atoms with Gasteiger partial charge in [0.1, 0.15) is 11.6 Å². The number of hydrogen-bond donors (Lipinski definition) is 1. The Morgan fingerprint density at radius 1 is 1.00 bits per heavy atom. The Labute approximate surface area is 165 Å². The highest BCUT2D eigenvalue weighted by Crippen LogP contribution is 2.30. The summed E-state index contributed by atoms with van der Waals surface area (Å²) in [5.74, 6) is -0.749. The van der Waals surface area contributed by atoms with Gasteiger partial charge in [0.2, 0.25) is 0 Å². The molecular weight excluding hydrogens is 382 g/mol. The number of hydrogen-bond acceptors (Lipinski definition) is 3. The Balaban J connectivity index is 1.68. The summed E-state index contributed by atoms with van der Waals surface area (Å²) in [7, 11) is -3.41. The molecule has 0 amide bonds. The molecule has 0 spiro atoms. The molecule has 2 aromatic carbocycles. The lowest BCUT2D eigenvalue weighted by atomic mass is 9.85. The lowest BCUT2D eigenvalue weighted by Crippen LogP contribution is -2.19. The highest BCUT2D eigenvalue weighted by molar-refractivity contribution is 7.91. The minimum absolute atomic E-state index is 0.0791. The number of sulfone groups is 1. The monoisotopic (exact) mass is 408 g/mol. The van der Waals surface area contributed by atoms with Crippen LogP contribution in [0.4, 0.5) is 8.78 Å². The van der Waals surface area contributed by atoms with Gasteiger partial charge in [-0.05, 0) is 86.8 Å². The van der Waals surface area contributed by atoms with Gasteiger partial charge in [-0.15, -0.1) is 0 Å². The Kier molecular flexibility index (Phi) is 6.50. The molecule has 28 heavy (non-hydrogen) atoms. The predicted molar refractivity (Wildman–Crippen MR) is 106 cm³/mol. The van der Waals surface area contributed by atoms with Gasteiger partial charge in [-0.2, -0.15) is 0 Å². The van der Waals surface area contributed by atoms with Crippen LogP contribution in [0, 0.1) is 24.5 Å². The summed E-state index contributed by atoms with van der Waals surface area (Å²) < 4.78 is 52.5. The molecule has 0 aliphatic heterocycles. The van der Waals surface area contributed by atoms with E-state index in [4.69, 9.17) is 0 Å². The van der Waals surface area contributed by atoms with Crippen LogP contribution in [0.25, 0.3) is 11.1 Å². The van der Waals surface area contributed by atoms with Crippen LogP contribution >= 0.6 is 0 Å². The summed E-state index contributed by atoms with van der Waals surface area (Å²) in [5.41, 5.74) is 1.44. The summed E-state index contributed by atoms with van der Waals surface area (Å²) in [6.45, 7) is 1.73. The van der Waals surface area contributed by atoms with Crippen LogP contribution in [-0.2, 0) is 9.84 Å². The molecule has 1 aliphatic rings. The Morgan fingerprint density at radius 3 is 2.32 bits per heavy atom. The summed E-state index contributed by atoms with van der Waals surface area (Å²) in [5, 5.41) is 9.55. The van der Waals surface area contributed by atoms with Crippen LogP contribution in [-0.4, -0.2) is 25.4 Å². The maximum atomic E-state index is 14.0. The number of rotatable bonds is 6. The van der Waals surface area contributed by atoms with Crippen LogP contribution in [0.3, 0.4) is 0 Å². The number of benzene rings is 2. The van der Waals surface area contributed by atoms with E-state index in [1.807, 2.05) is 0 Å². The predicted octanol–water partition coefficient (Wildman–Crippen LogP) is 5.05. The Morgan fingerprint density at radius 2 is 1.68 bits per heavy atom. The minimum Gasteiger partial charge on any atom is -0.393 e. The fourth-order valence-electron chi connectivity index (χ4n) is 3.95. The molecule has 0 aromatic heterocycles. The van der Waals surface area contributed by atoms with E-state index in [0.717, 1.165) is 38.2 Å². The van der Waals surface area contributed by atoms with Gasteiger partial charge in [0.25, 0.3) is 0 Å². The van der Waals surface area contributed by atoms with Crippen molar-refractivity contribution in [3.8, 4) is 11.1 Å². The van der Waals surface area contributed by atoms with Crippen LogP contribution in [0.5, 0.6) is 0 Å². The second-order valence-electron chi connectivity index (χ2n) is 7.74. The van der Waals surface area contributed by atoms with E-state index in [0.29, 0.717) is 23.5 Å². The zero-order valence-electron chi connectivity index (χ0n) is 16.0. The molecule has 0 heterocycles. The fourth-order valence-corrected chi connectivity index (χ4v) is 5.37. The van der Waals surface area contributed by atoms with Gasteiger partial charge < -0.3 is 5.11 Å². The van der Waals surface area contributed by atoms with Crippen molar-refractivity contribution in [2.45, 2.75) is 56.4 Å². The normalized spacial score (nSPS) is 20.3. The second kappa shape index (κ2) is 8.70. The first kappa shape index (κ1) is 20.9. The van der Waals surface area contributed by atoms with Gasteiger partial charge >= 0.3 is 0 Å². The van der Waals surface area contributed by atoms with E-state index >= 15 is 0 Å². The van der Waals surface area contributed by atoms with Crippen molar-refractivity contribution >= 4 is 9.84 Å². The minimum atomic E-state index is -3.41. The molecule has 1 N–H and O–H groups in total. The lowest BCUT2D eigenvalue weighted by Gasteiger charge is -2.25. The molecule has 3 nitrogen and oxygen atoms in total. The molecule has 1 fully saturated rings. The molecule has 6 heteroatoms. The van der Waals surface area contributed by atoms with Crippen molar-refractivity contribution in [1.82, 2.24) is 0 Å². The van der Waals surface area contributed by atoms with Gasteiger partial charge in [-0.25, -0.2) is 17.2 Å². The number of aliphatic hydroxyl groups is 1. The average Bonchev–Trinajstić information content (AvgIpc) is 2.64. The lowest BCUT2D eigenvalue weighted by molar-refractivity contribution is 0.106. The van der Waals surface area contributed by atoms with E-state index in [1.165, 1.54) is 18.2 Å². The standard InChI is InChI=1S/C22H26F2O3S/c1-15-13-19(9-11-20(15)21-10-6-17(23)14-22(21)24)28(26,27)12-2-3-16-4-7-18(25)8-5-16/h6,9-11,13-14,16,18,25H,2-5,7-8,12H2,1H3. The van der Waals surface area contributed by atoms with Crippen LogP contribution < -0.4 is 0 Å². The van der Waals surface area contributed by atoms with Crippen molar-refractivity contribution in [2.24, 2.45) is 5.92 Å². The van der Waals surface area contributed by atoms with Crippen molar-refractivity contribution in [3.63, 3.8) is 0 Å². The van der Waals surface area contributed by atoms with Crippen molar-refractivity contribution < 1.29 is 22.3 Å². The van der Waals surface area contributed by atoms with E-state index < -0.39 is 21.5 Å². The first-order valence-electron chi connectivity index (χ1n) is 9.73. The zero-order chi connectivity index (χ0) is 20.3. The zero-order valence-corrected chi connectivity index (χ0v) is 16.8. The van der Waals surface area contributed by atoms with Gasteiger partial charge in [0.05, 0.1) is 16.8 Å². The van der Waals surface area contributed by atoms with E-state index in [9.17, 15) is 22.3 Å². The van der Waals surface area contributed by atoms with Gasteiger partial charge in [-0.1, -0.05) is 6.07 Å². The molecule has 0 unspecified atom stereocenters. The largest absolute Gasteiger partial charge is 0.393 e. The first-order valence-corrected chi connectivity index (χ1v) is 11.4. The maximum Gasteiger partial charge on any atom is 0.178 e. The molecule has 0 saturated heterocycles. The maximum absolute atomic E-state index is 14.0. The van der Waals surface area contributed by atoms with E-state index in [1.54, 1.807) is 19.1 Å². The number of halogens is 2. The van der Waals surface area contributed by atoms with Gasteiger partial charge in [0.15, 0.2) is 9.84 Å². The number of aryl methyl sites for hydroxylation is 1. The van der Waals surface area contributed by atoms with Crippen LogP contribution in [0.15, 0.2) is 41.3 Å². The quantitative estimate of drug-likeness (QED) is 0.728. The van der Waals surface area contributed by atoms with Crippen LogP contribution in [0.2, 0.25) is 0 Å². The molecule has 0 atom stereocenters. The van der Waals surface area contributed by atoms with E-state index in [-0.39, 0.29) is 22.3 Å².